The number of amides is 2. The number of nitrogens with zero attached hydrogens (tertiary/aromatic N) is 4. The summed E-state index contributed by atoms with van der Waals surface area (Å²) in [7, 11) is 3.15. The van der Waals surface area contributed by atoms with Gasteiger partial charge < -0.3 is 25.5 Å². The van der Waals surface area contributed by atoms with Crippen molar-refractivity contribution in [3.63, 3.8) is 0 Å². The van der Waals surface area contributed by atoms with E-state index in [-0.39, 0.29) is 35.4 Å². The first-order valence-corrected chi connectivity index (χ1v) is 10.6. The van der Waals surface area contributed by atoms with E-state index in [2.05, 4.69) is 22.0 Å². The van der Waals surface area contributed by atoms with E-state index < -0.39 is 23.8 Å². The summed E-state index contributed by atoms with van der Waals surface area (Å²) >= 11 is 1.14. The number of carbonyl (C=O) groups excluding carboxylic acids is 3. The Labute approximate surface area is 193 Å². The molecule has 0 aliphatic carbocycles. The van der Waals surface area contributed by atoms with Crippen molar-refractivity contribution in [2.24, 2.45) is 12.2 Å². The van der Waals surface area contributed by atoms with Crippen LogP contribution in [-0.2, 0) is 31.0 Å². The van der Waals surface area contributed by atoms with E-state index in [1.54, 1.807) is 36.0 Å². The second-order valence-corrected chi connectivity index (χ2v) is 7.77. The van der Waals surface area contributed by atoms with E-state index in [1.165, 1.54) is 18.1 Å². The zero-order valence-electron chi connectivity index (χ0n) is 18.1. The highest BCUT2D eigenvalue weighted by molar-refractivity contribution is 7.13. The number of ether oxygens (including phenoxy) is 1. The average Bonchev–Trinajstić information content (AvgIpc) is 3.23. The van der Waals surface area contributed by atoms with Crippen LogP contribution >= 0.6 is 11.3 Å². The molecule has 0 spiro atoms. The lowest BCUT2D eigenvalue weighted by atomic mass is 10.0. The molecule has 1 unspecified atom stereocenters. The molecule has 33 heavy (non-hydrogen) atoms. The second kappa shape index (κ2) is 10.5. The summed E-state index contributed by atoms with van der Waals surface area (Å²) in [6, 6.07) is 2.72. The molecule has 172 valence electrons. The number of aryl methyl sites for hydroxylation is 1. The smallest absolute Gasteiger partial charge is 0.355 e. The molecule has 2 aromatic rings. The predicted molar refractivity (Wildman–Crippen MR) is 120 cm³/mol. The van der Waals surface area contributed by atoms with Gasteiger partial charge in [-0.05, 0) is 11.6 Å². The molecule has 12 heteroatoms. The molecule has 2 aromatic heterocycles. The number of anilines is 1. The van der Waals surface area contributed by atoms with Crippen LogP contribution in [0.1, 0.15) is 11.3 Å². The Kier molecular flexibility index (Phi) is 7.51. The van der Waals surface area contributed by atoms with Crippen LogP contribution in [0.2, 0.25) is 0 Å². The van der Waals surface area contributed by atoms with Gasteiger partial charge in [0.1, 0.15) is 38.2 Å². The highest BCUT2D eigenvalue weighted by atomic mass is 32.1. The zero-order valence-corrected chi connectivity index (χ0v) is 18.9. The molecule has 1 saturated heterocycles. The van der Waals surface area contributed by atoms with Gasteiger partial charge in [-0.2, -0.15) is 0 Å². The quantitative estimate of drug-likeness (QED) is 0.0998. The number of thiazole rings is 1. The number of hydrogen-bond acceptors (Lipinski definition) is 9. The number of hydrogen-bond donors (Lipinski definition) is 2. The molecule has 11 nitrogen and oxygen atoms in total. The van der Waals surface area contributed by atoms with Crippen molar-refractivity contribution in [1.29, 1.82) is 0 Å². The van der Waals surface area contributed by atoms with Gasteiger partial charge in [0.05, 0.1) is 6.54 Å². The van der Waals surface area contributed by atoms with Gasteiger partial charge in [0.15, 0.2) is 23.2 Å². The molecule has 0 aromatic carbocycles. The van der Waals surface area contributed by atoms with Crippen molar-refractivity contribution in [2.75, 3.05) is 26.0 Å². The lowest BCUT2D eigenvalue weighted by Crippen LogP contribution is -2.64. The molecule has 0 radical (unpaired) electrons. The van der Waals surface area contributed by atoms with Crippen molar-refractivity contribution in [2.45, 2.75) is 6.04 Å². The van der Waals surface area contributed by atoms with Crippen LogP contribution in [0.4, 0.5) is 5.13 Å². The molecule has 2 amide bonds. The molecule has 3 rings (SSSR count). The van der Waals surface area contributed by atoms with Crippen molar-refractivity contribution in [1.82, 2.24) is 15.2 Å². The van der Waals surface area contributed by atoms with E-state index >= 15 is 0 Å². The number of nitrogens with one attached hydrogen (secondary N) is 1. The maximum atomic E-state index is 12.8. The Morgan fingerprint density at radius 3 is 2.76 bits per heavy atom. The van der Waals surface area contributed by atoms with Crippen LogP contribution in [0.15, 0.2) is 53.4 Å². The number of likely N-dealkylation sites (tertiary alicyclic amines) is 1. The average molecular weight is 472 g/mol. The summed E-state index contributed by atoms with van der Waals surface area (Å²) in [6.45, 7) is 3.59. The van der Waals surface area contributed by atoms with Gasteiger partial charge in [0.25, 0.3) is 11.8 Å². The summed E-state index contributed by atoms with van der Waals surface area (Å²) in [4.78, 5) is 48.1. The molecule has 1 aliphatic heterocycles. The topological polar surface area (TPSA) is 140 Å². The fourth-order valence-electron chi connectivity index (χ4n) is 2.89. The van der Waals surface area contributed by atoms with Gasteiger partial charge in [0, 0.05) is 17.5 Å². The maximum absolute atomic E-state index is 12.8. The first kappa shape index (κ1) is 23.6. The van der Waals surface area contributed by atoms with Gasteiger partial charge in [-0.3, -0.25) is 9.59 Å². The molecular formula is C21H23N6O5S+. The monoisotopic (exact) mass is 471 g/mol. The van der Waals surface area contributed by atoms with Crippen LogP contribution in [0, 0.1) is 0 Å². The number of aromatic nitrogens is 2. The first-order chi connectivity index (χ1) is 15.8. The van der Waals surface area contributed by atoms with Gasteiger partial charge in [-0.25, -0.2) is 14.3 Å². The lowest BCUT2D eigenvalue weighted by Gasteiger charge is -2.39. The van der Waals surface area contributed by atoms with Crippen molar-refractivity contribution < 1.29 is 28.5 Å². The van der Waals surface area contributed by atoms with Crippen molar-refractivity contribution in [3.8, 4) is 0 Å². The van der Waals surface area contributed by atoms with Crippen LogP contribution in [-0.4, -0.2) is 59.7 Å². The third-order valence-corrected chi connectivity index (χ3v) is 5.21. The lowest BCUT2D eigenvalue weighted by molar-refractivity contribution is -0.671. The number of β-lactam (4-membered cyclic amide) rings is 1. The van der Waals surface area contributed by atoms with E-state index in [0.29, 0.717) is 5.56 Å². The molecule has 0 saturated carbocycles. The normalized spacial score (nSPS) is 16.1. The molecule has 3 N–H and O–H groups in total. The summed E-state index contributed by atoms with van der Waals surface area (Å²) in [5.41, 5.74) is 6.49. The Balaban J connectivity index is 1.75. The maximum Gasteiger partial charge on any atom is 0.355 e. The predicted octanol–water partition coefficient (Wildman–Crippen LogP) is -0.00240. The zero-order chi connectivity index (χ0) is 24.0. The number of pyridine rings is 1. The number of oxime groups is 1. The van der Waals surface area contributed by atoms with Crippen LogP contribution in [0.5, 0.6) is 0 Å². The molecule has 1 fully saturated rings. The first-order valence-electron chi connectivity index (χ1n) is 9.73. The molecule has 0 bridgehead atoms. The van der Waals surface area contributed by atoms with Gasteiger partial charge in [0.2, 0.25) is 0 Å². The van der Waals surface area contributed by atoms with Crippen LogP contribution in [0.25, 0.3) is 6.08 Å². The Morgan fingerprint density at radius 2 is 2.18 bits per heavy atom. The molecule has 1 aliphatic rings. The third kappa shape index (κ3) is 5.60. The van der Waals surface area contributed by atoms with E-state index in [1.807, 2.05) is 11.6 Å². The second-order valence-electron chi connectivity index (χ2n) is 6.88. The highest BCUT2D eigenvalue weighted by Crippen LogP contribution is 2.22. The standard InChI is InChI=1S/C21H22N6O5S/c1-4-9-32-20(30)16(10-13-5-7-26(2)8-6-13)27-11-14(19(27)29)23-18(28)17(25-31-3)15-12-33-21(22)24-15/h4-8,10,12,14H,1,9,11H2,2-3H3,(H2-,22,23,24,28)/p+1/b25-17-. The minimum absolute atomic E-state index is 0.00423. The van der Waals surface area contributed by atoms with Gasteiger partial charge >= 0.3 is 5.97 Å². The fourth-order valence-corrected chi connectivity index (χ4v) is 3.44. The summed E-state index contributed by atoms with van der Waals surface area (Å²) in [5.74, 6) is -1.81. The summed E-state index contributed by atoms with van der Waals surface area (Å²) in [6.07, 6.45) is 6.60. The third-order valence-electron chi connectivity index (χ3n) is 4.54. The van der Waals surface area contributed by atoms with Gasteiger partial charge in [-0.1, -0.05) is 17.8 Å². The van der Waals surface area contributed by atoms with Crippen molar-refractivity contribution >= 4 is 46.0 Å². The summed E-state index contributed by atoms with van der Waals surface area (Å²) < 4.78 is 6.97. The minimum Gasteiger partial charge on any atom is -0.457 e. The van der Waals surface area contributed by atoms with E-state index in [4.69, 9.17) is 15.3 Å². The molecule has 1 atom stereocenters. The van der Waals surface area contributed by atoms with Crippen LogP contribution in [0.3, 0.4) is 0 Å². The molecular weight excluding hydrogens is 448 g/mol. The van der Waals surface area contributed by atoms with E-state index in [9.17, 15) is 14.4 Å². The Hall–Kier alpha value is -4.06. The number of esters is 1. The highest BCUT2D eigenvalue weighted by Gasteiger charge is 2.42. The number of carbonyl (C=O) groups is 3. The minimum atomic E-state index is -0.861. The fraction of sp³-hybridized carbons (Fsp3) is 0.238. The number of rotatable bonds is 9. The molecule has 3 heterocycles. The number of nitrogen functional groups attached to an aromatic ring is 1. The largest absolute Gasteiger partial charge is 0.457 e. The van der Waals surface area contributed by atoms with Crippen LogP contribution < -0.4 is 15.6 Å². The van der Waals surface area contributed by atoms with Crippen molar-refractivity contribution in [3.05, 3.63) is 59.5 Å². The van der Waals surface area contributed by atoms with Gasteiger partial charge in [-0.15, -0.1) is 11.3 Å². The SMILES string of the molecule is C=CCOC(=O)C(=Cc1cc[n+](C)cc1)N1CC(NC(=O)/C(=N\OC)c2csc(N)n2)C1=O. The Bertz CT molecular complexity index is 1120. The van der Waals surface area contributed by atoms with E-state index in [0.717, 1.165) is 11.3 Å². The number of nitrogens with two attached hydrogens (primary N) is 1. The Morgan fingerprint density at radius 1 is 1.45 bits per heavy atom. The summed E-state index contributed by atoms with van der Waals surface area (Å²) in [5, 5.41) is 8.09.